The first-order valence-corrected chi connectivity index (χ1v) is 8.55. The molecule has 3 N–H and O–H groups in total. The number of rotatable bonds is 5. The van der Waals surface area contributed by atoms with Crippen molar-refractivity contribution in [3.05, 3.63) is 35.2 Å². The lowest BCUT2D eigenvalue weighted by Gasteiger charge is -2.13. The number of halogens is 1. The Kier molecular flexibility index (Phi) is 4.42. The number of nitrogens with zero attached hydrogens (tertiary/aromatic N) is 4. The van der Waals surface area contributed by atoms with Gasteiger partial charge in [-0.15, -0.1) is 0 Å². The van der Waals surface area contributed by atoms with E-state index in [1.54, 1.807) is 10.9 Å². The molecule has 0 saturated carbocycles. The molecule has 0 aliphatic carbocycles. The number of hydrogen-bond acceptors (Lipinski definition) is 8. The van der Waals surface area contributed by atoms with Crippen LogP contribution in [0.5, 0.6) is 0 Å². The summed E-state index contributed by atoms with van der Waals surface area (Å²) in [5, 5.41) is 22.3. The van der Waals surface area contributed by atoms with Crippen molar-refractivity contribution < 1.29 is 19.4 Å². The Bertz CT molecular complexity index is 882. The monoisotopic (exact) mass is 409 g/mol. The van der Waals surface area contributed by atoms with Crippen LogP contribution in [0.1, 0.15) is 18.4 Å². The van der Waals surface area contributed by atoms with Crippen molar-refractivity contribution in [2.45, 2.75) is 31.4 Å². The fourth-order valence-electron chi connectivity index (χ4n) is 2.86. The van der Waals surface area contributed by atoms with E-state index in [0.29, 0.717) is 34.6 Å². The maximum atomic E-state index is 9.92. The Morgan fingerprint density at radius 3 is 2.92 bits per heavy atom. The number of aliphatic hydroxyl groups is 2. The van der Waals surface area contributed by atoms with Gasteiger partial charge in [-0.1, -0.05) is 0 Å². The second-order valence-electron chi connectivity index (χ2n) is 5.72. The molecule has 3 atom stereocenters. The first-order valence-electron chi connectivity index (χ1n) is 7.75. The smallest absolute Gasteiger partial charge is 0.169 e. The number of anilines is 1. The Morgan fingerprint density at radius 2 is 2.20 bits per heavy atom. The van der Waals surface area contributed by atoms with Crippen LogP contribution in [-0.2, 0) is 11.3 Å². The van der Waals surface area contributed by atoms with E-state index in [1.165, 1.54) is 6.33 Å². The van der Waals surface area contributed by atoms with Crippen molar-refractivity contribution in [3.8, 4) is 0 Å². The average Bonchev–Trinajstić information content (AvgIpc) is 3.31. The molecule has 0 spiro atoms. The molecule has 1 saturated heterocycles. The normalized spacial score (nSPS) is 23.4. The average molecular weight is 410 g/mol. The number of aliphatic hydroxyl groups excluding tert-OH is 2. The molecule has 4 heterocycles. The van der Waals surface area contributed by atoms with Crippen LogP contribution >= 0.6 is 15.9 Å². The topological polar surface area (TPSA) is 118 Å². The molecule has 3 aromatic rings. The van der Waals surface area contributed by atoms with Crippen LogP contribution in [0, 0.1) is 0 Å². The number of hydrogen-bond donors (Lipinski definition) is 3. The summed E-state index contributed by atoms with van der Waals surface area (Å²) >= 11 is 3.27. The third-order valence-corrected chi connectivity index (χ3v) is 4.54. The lowest BCUT2D eigenvalue weighted by Crippen LogP contribution is -2.24. The lowest BCUT2D eigenvalue weighted by molar-refractivity contribution is -0.0432. The van der Waals surface area contributed by atoms with Gasteiger partial charge in [0.2, 0.25) is 0 Å². The molecule has 0 bridgehead atoms. The number of nitrogens with one attached hydrogen (secondary N) is 1. The first-order chi connectivity index (χ1) is 12.2. The molecule has 3 aromatic heterocycles. The fourth-order valence-corrected chi connectivity index (χ4v) is 3.20. The second kappa shape index (κ2) is 6.71. The van der Waals surface area contributed by atoms with Crippen molar-refractivity contribution in [2.75, 3.05) is 11.9 Å². The quantitative estimate of drug-likeness (QED) is 0.578. The Morgan fingerprint density at radius 1 is 1.32 bits per heavy atom. The molecule has 0 aromatic carbocycles. The number of furan rings is 1. The van der Waals surface area contributed by atoms with Crippen LogP contribution in [0.15, 0.2) is 33.9 Å². The molecule has 1 aliphatic rings. The van der Waals surface area contributed by atoms with Gasteiger partial charge in [-0.3, -0.25) is 4.57 Å². The highest BCUT2D eigenvalue weighted by molar-refractivity contribution is 9.10. The summed E-state index contributed by atoms with van der Waals surface area (Å²) in [5.41, 5.74) is 1.19. The van der Waals surface area contributed by atoms with Crippen LogP contribution in [0.25, 0.3) is 11.2 Å². The predicted molar refractivity (Wildman–Crippen MR) is 90.7 cm³/mol. The molecule has 25 heavy (non-hydrogen) atoms. The minimum atomic E-state index is -0.718. The van der Waals surface area contributed by atoms with Crippen molar-refractivity contribution in [1.82, 2.24) is 19.5 Å². The maximum absolute atomic E-state index is 9.92. The maximum Gasteiger partial charge on any atom is 0.169 e. The SMILES string of the molecule is OC[C@H]1OC(n2cnc3c(NCc4ccc(Br)o4)ncnc32)C[C@@H]1O. The van der Waals surface area contributed by atoms with Crippen LogP contribution < -0.4 is 5.32 Å². The number of ether oxygens (including phenoxy) is 1. The number of fused-ring (bicyclic) bond motifs is 1. The third kappa shape index (κ3) is 3.13. The van der Waals surface area contributed by atoms with Crippen molar-refractivity contribution in [3.63, 3.8) is 0 Å². The Balaban J connectivity index is 1.58. The van der Waals surface area contributed by atoms with E-state index >= 15 is 0 Å². The Hall–Kier alpha value is -2.01. The van der Waals surface area contributed by atoms with Gasteiger partial charge in [-0.05, 0) is 28.1 Å². The first kappa shape index (κ1) is 16.5. The van der Waals surface area contributed by atoms with Gasteiger partial charge in [0.15, 0.2) is 21.7 Å². The lowest BCUT2D eigenvalue weighted by atomic mass is 10.2. The molecule has 1 fully saturated rings. The molecule has 0 radical (unpaired) electrons. The number of imidazole rings is 1. The van der Waals surface area contributed by atoms with Gasteiger partial charge >= 0.3 is 0 Å². The minimum absolute atomic E-state index is 0.231. The largest absolute Gasteiger partial charge is 0.452 e. The van der Waals surface area contributed by atoms with E-state index in [4.69, 9.17) is 9.15 Å². The van der Waals surface area contributed by atoms with E-state index in [1.807, 2.05) is 12.1 Å². The standard InChI is InChI=1S/C15H16BrN5O4/c16-11-2-1-8(24-11)4-17-14-13-15(19-6-18-14)21(7-20-13)12-3-9(23)10(5-22)25-12/h1-2,6-7,9-10,12,22-23H,3-5H2,(H,17,18,19)/t9-,10+,12?/m0/s1. The van der Waals surface area contributed by atoms with E-state index in [0.717, 1.165) is 5.76 Å². The number of aromatic nitrogens is 4. The van der Waals surface area contributed by atoms with Gasteiger partial charge in [-0.25, -0.2) is 15.0 Å². The summed E-state index contributed by atoms with van der Waals surface area (Å²) in [7, 11) is 0. The third-order valence-electron chi connectivity index (χ3n) is 4.11. The summed E-state index contributed by atoms with van der Waals surface area (Å²) < 4.78 is 13.5. The van der Waals surface area contributed by atoms with Gasteiger partial charge in [0, 0.05) is 6.42 Å². The molecule has 0 amide bonds. The van der Waals surface area contributed by atoms with Gasteiger partial charge in [0.25, 0.3) is 0 Å². The van der Waals surface area contributed by atoms with Crippen LogP contribution in [0.4, 0.5) is 5.82 Å². The highest BCUT2D eigenvalue weighted by Crippen LogP contribution is 2.31. The summed E-state index contributed by atoms with van der Waals surface area (Å²) in [6.07, 6.45) is 1.66. The zero-order valence-corrected chi connectivity index (χ0v) is 14.6. The molecular weight excluding hydrogens is 394 g/mol. The molecule has 132 valence electrons. The Labute approximate surface area is 150 Å². The van der Waals surface area contributed by atoms with Gasteiger partial charge < -0.3 is 24.7 Å². The highest BCUT2D eigenvalue weighted by Gasteiger charge is 2.35. The predicted octanol–water partition coefficient (Wildman–Crippen LogP) is 1.43. The molecule has 10 heteroatoms. The van der Waals surface area contributed by atoms with Crippen LogP contribution in [0.2, 0.25) is 0 Å². The van der Waals surface area contributed by atoms with E-state index in [2.05, 4.69) is 36.2 Å². The second-order valence-corrected chi connectivity index (χ2v) is 6.50. The highest BCUT2D eigenvalue weighted by atomic mass is 79.9. The summed E-state index contributed by atoms with van der Waals surface area (Å²) in [4.78, 5) is 12.9. The zero-order chi connectivity index (χ0) is 17.4. The summed E-state index contributed by atoms with van der Waals surface area (Å²) in [6.45, 7) is 0.223. The van der Waals surface area contributed by atoms with Gasteiger partial charge in [0.05, 0.1) is 25.6 Å². The van der Waals surface area contributed by atoms with E-state index in [9.17, 15) is 10.2 Å². The van der Waals surface area contributed by atoms with E-state index < -0.39 is 18.4 Å². The van der Waals surface area contributed by atoms with Crippen molar-refractivity contribution in [2.24, 2.45) is 0 Å². The molecule has 1 aliphatic heterocycles. The van der Waals surface area contributed by atoms with Crippen molar-refractivity contribution in [1.29, 1.82) is 0 Å². The van der Waals surface area contributed by atoms with Gasteiger partial charge in [0.1, 0.15) is 24.4 Å². The van der Waals surface area contributed by atoms with E-state index in [-0.39, 0.29) is 6.61 Å². The van der Waals surface area contributed by atoms with Crippen LogP contribution in [-0.4, -0.2) is 48.5 Å². The fraction of sp³-hybridized carbons (Fsp3) is 0.400. The van der Waals surface area contributed by atoms with Crippen LogP contribution in [0.3, 0.4) is 0 Å². The minimum Gasteiger partial charge on any atom is -0.452 e. The van der Waals surface area contributed by atoms with Gasteiger partial charge in [-0.2, -0.15) is 0 Å². The zero-order valence-electron chi connectivity index (χ0n) is 13.0. The molecule has 9 nitrogen and oxygen atoms in total. The summed E-state index contributed by atoms with van der Waals surface area (Å²) in [5.74, 6) is 1.33. The molecular formula is C15H16BrN5O4. The molecule has 1 unspecified atom stereocenters. The van der Waals surface area contributed by atoms with Crippen molar-refractivity contribution >= 4 is 32.9 Å². The summed E-state index contributed by atoms with van der Waals surface area (Å²) in [6, 6.07) is 3.68. The molecule has 4 rings (SSSR count).